The number of rotatable bonds is 10. The van der Waals surface area contributed by atoms with E-state index in [2.05, 4.69) is 15.3 Å². The molecule has 0 aliphatic heterocycles. The Morgan fingerprint density at radius 3 is 2.36 bits per heavy atom. The third kappa shape index (κ3) is 6.79. The number of benzene rings is 2. The maximum absolute atomic E-state index is 14.0. The highest BCUT2D eigenvalue weighted by Gasteiger charge is 2.30. The lowest BCUT2D eigenvalue weighted by molar-refractivity contribution is -0.123. The number of halogens is 1. The topological polar surface area (TPSA) is 118 Å². The molecule has 2 aromatic carbocycles. The number of carbonyl (C=O) groups excluding carboxylic acids is 2. The molecular weight excluding hydrogens is 423 g/mol. The van der Waals surface area contributed by atoms with Crippen molar-refractivity contribution in [3.63, 3.8) is 0 Å². The van der Waals surface area contributed by atoms with Crippen LogP contribution in [0.3, 0.4) is 0 Å². The summed E-state index contributed by atoms with van der Waals surface area (Å²) in [7, 11) is 0. The van der Waals surface area contributed by atoms with Gasteiger partial charge in [0.05, 0.1) is 29.4 Å². The SMILES string of the molecule is CC(C)(F)CC[C@H](C[C@H](O)C(NC(=O)c1cnc2ccccc2n1)c1ccccc1)C(N)=O. The molecule has 174 valence electrons. The number of nitrogens with two attached hydrogens (primary N) is 1. The average molecular weight is 453 g/mol. The molecule has 0 aliphatic carbocycles. The molecule has 1 unspecified atom stereocenters. The third-order valence-corrected chi connectivity index (χ3v) is 5.53. The van der Waals surface area contributed by atoms with Crippen LogP contribution in [0.4, 0.5) is 4.39 Å². The molecular formula is C25H29FN4O3. The summed E-state index contributed by atoms with van der Waals surface area (Å²) in [6.45, 7) is 2.86. The summed E-state index contributed by atoms with van der Waals surface area (Å²) in [5, 5.41) is 13.8. The molecule has 33 heavy (non-hydrogen) atoms. The Bertz CT molecular complexity index is 1100. The molecule has 0 aliphatic rings. The smallest absolute Gasteiger partial charge is 0.272 e. The zero-order chi connectivity index (χ0) is 24.0. The van der Waals surface area contributed by atoms with Crippen LogP contribution >= 0.6 is 0 Å². The first-order valence-corrected chi connectivity index (χ1v) is 10.9. The van der Waals surface area contributed by atoms with Crippen molar-refractivity contribution in [1.82, 2.24) is 15.3 Å². The number of aliphatic hydroxyl groups is 1. The fourth-order valence-corrected chi connectivity index (χ4v) is 3.67. The predicted octanol–water partition coefficient (Wildman–Crippen LogP) is 3.48. The highest BCUT2D eigenvalue weighted by Crippen LogP contribution is 2.27. The average Bonchev–Trinajstić information content (AvgIpc) is 2.79. The Balaban J connectivity index is 1.81. The van der Waals surface area contributed by atoms with E-state index in [1.54, 1.807) is 42.5 Å². The second-order valence-corrected chi connectivity index (χ2v) is 8.77. The van der Waals surface area contributed by atoms with Crippen LogP contribution in [0, 0.1) is 5.92 Å². The predicted molar refractivity (Wildman–Crippen MR) is 124 cm³/mol. The van der Waals surface area contributed by atoms with Gasteiger partial charge in [0.25, 0.3) is 5.91 Å². The van der Waals surface area contributed by atoms with Crippen molar-refractivity contribution in [3.05, 3.63) is 72.1 Å². The van der Waals surface area contributed by atoms with E-state index < -0.39 is 35.5 Å². The Hall–Kier alpha value is -3.39. The lowest BCUT2D eigenvalue weighted by atomic mass is 9.87. The second kappa shape index (κ2) is 10.5. The number of primary amides is 1. The maximum atomic E-state index is 14.0. The van der Waals surface area contributed by atoms with Crippen molar-refractivity contribution in [3.8, 4) is 0 Å². The van der Waals surface area contributed by atoms with Crippen molar-refractivity contribution in [2.45, 2.75) is 50.9 Å². The molecule has 0 fully saturated rings. The van der Waals surface area contributed by atoms with Crippen LogP contribution < -0.4 is 11.1 Å². The van der Waals surface area contributed by atoms with Crippen molar-refractivity contribution >= 4 is 22.8 Å². The monoisotopic (exact) mass is 452 g/mol. The molecule has 1 aromatic heterocycles. The standard InChI is InChI=1S/C25H29FN4O3/c1-25(2,26)13-12-17(23(27)32)14-21(31)22(16-8-4-3-5-9-16)30-24(33)20-15-28-18-10-6-7-11-19(18)29-20/h3-11,15,17,21-22,31H,12-14H2,1-2H3,(H2,27,32)(H,30,33)/t17-,21+,22?/m1/s1. The Labute approximate surface area is 192 Å². The number of alkyl halides is 1. The lowest BCUT2D eigenvalue weighted by Crippen LogP contribution is -2.39. The molecule has 8 heteroatoms. The van der Waals surface area contributed by atoms with Crippen molar-refractivity contribution in [2.75, 3.05) is 0 Å². The van der Waals surface area contributed by atoms with E-state index in [1.165, 1.54) is 20.0 Å². The minimum Gasteiger partial charge on any atom is -0.391 e. The maximum Gasteiger partial charge on any atom is 0.272 e. The largest absolute Gasteiger partial charge is 0.391 e. The first-order valence-electron chi connectivity index (χ1n) is 10.9. The normalized spacial score (nSPS) is 14.4. The second-order valence-electron chi connectivity index (χ2n) is 8.77. The summed E-state index contributed by atoms with van der Waals surface area (Å²) >= 11 is 0. The van der Waals surface area contributed by atoms with Gasteiger partial charge in [-0.05, 0) is 50.8 Å². The summed E-state index contributed by atoms with van der Waals surface area (Å²) in [4.78, 5) is 33.6. The Morgan fingerprint density at radius 1 is 1.09 bits per heavy atom. The van der Waals surface area contributed by atoms with Gasteiger partial charge in [-0.25, -0.2) is 9.37 Å². The van der Waals surface area contributed by atoms with E-state index in [0.29, 0.717) is 16.6 Å². The van der Waals surface area contributed by atoms with Crippen LogP contribution in [0.25, 0.3) is 11.0 Å². The van der Waals surface area contributed by atoms with Crippen LogP contribution in [0.1, 0.15) is 55.2 Å². The highest BCUT2D eigenvalue weighted by atomic mass is 19.1. The van der Waals surface area contributed by atoms with Crippen LogP contribution in [0.5, 0.6) is 0 Å². The summed E-state index contributed by atoms with van der Waals surface area (Å²) in [5.74, 6) is -1.86. The number of amides is 2. The number of aromatic nitrogens is 2. The number of hydrogen-bond donors (Lipinski definition) is 3. The summed E-state index contributed by atoms with van der Waals surface area (Å²) < 4.78 is 14.0. The fourth-order valence-electron chi connectivity index (χ4n) is 3.67. The minimum atomic E-state index is -1.46. The van der Waals surface area contributed by atoms with E-state index in [1.807, 2.05) is 12.1 Å². The number of para-hydroxylation sites is 2. The molecule has 3 rings (SSSR count). The zero-order valence-corrected chi connectivity index (χ0v) is 18.7. The van der Waals surface area contributed by atoms with E-state index >= 15 is 0 Å². The quantitative estimate of drug-likeness (QED) is 0.435. The van der Waals surface area contributed by atoms with Gasteiger partial charge >= 0.3 is 0 Å². The number of carbonyl (C=O) groups is 2. The van der Waals surface area contributed by atoms with E-state index in [-0.39, 0.29) is 25.0 Å². The number of fused-ring (bicyclic) bond motifs is 1. The van der Waals surface area contributed by atoms with Crippen LogP contribution in [0.2, 0.25) is 0 Å². The molecule has 3 aromatic rings. The summed E-state index contributed by atoms with van der Waals surface area (Å²) in [6.07, 6.45) is 0.546. The third-order valence-electron chi connectivity index (χ3n) is 5.53. The molecule has 0 spiro atoms. The highest BCUT2D eigenvalue weighted by molar-refractivity contribution is 5.94. The molecule has 1 heterocycles. The van der Waals surface area contributed by atoms with Gasteiger partial charge in [-0.15, -0.1) is 0 Å². The van der Waals surface area contributed by atoms with Gasteiger partial charge in [0.1, 0.15) is 11.4 Å². The lowest BCUT2D eigenvalue weighted by Gasteiger charge is -2.27. The minimum absolute atomic E-state index is 0.0192. The van der Waals surface area contributed by atoms with Crippen molar-refractivity contribution in [2.24, 2.45) is 11.7 Å². The van der Waals surface area contributed by atoms with Gasteiger partial charge in [-0.3, -0.25) is 14.6 Å². The summed E-state index contributed by atoms with van der Waals surface area (Å²) in [6, 6.07) is 15.3. The van der Waals surface area contributed by atoms with Crippen molar-refractivity contribution < 1.29 is 19.1 Å². The molecule has 0 radical (unpaired) electrons. The Kier molecular flexibility index (Phi) is 7.71. The number of nitrogens with zero attached hydrogens (tertiary/aromatic N) is 2. The zero-order valence-electron chi connectivity index (χ0n) is 18.7. The van der Waals surface area contributed by atoms with Gasteiger partial charge in [0, 0.05) is 5.92 Å². The molecule has 0 bridgehead atoms. The van der Waals surface area contributed by atoms with E-state index in [0.717, 1.165) is 0 Å². The first-order chi connectivity index (χ1) is 15.6. The summed E-state index contributed by atoms with van der Waals surface area (Å²) in [5.41, 5.74) is 6.05. The Morgan fingerprint density at radius 2 is 1.73 bits per heavy atom. The van der Waals surface area contributed by atoms with E-state index in [4.69, 9.17) is 5.73 Å². The van der Waals surface area contributed by atoms with E-state index in [9.17, 15) is 19.1 Å². The molecule has 0 saturated heterocycles. The van der Waals surface area contributed by atoms with Gasteiger partial charge in [-0.1, -0.05) is 42.5 Å². The van der Waals surface area contributed by atoms with Crippen LogP contribution in [-0.2, 0) is 4.79 Å². The van der Waals surface area contributed by atoms with Crippen LogP contribution in [-0.4, -0.2) is 38.7 Å². The molecule has 2 amide bonds. The van der Waals surface area contributed by atoms with Gasteiger partial charge < -0.3 is 16.2 Å². The molecule has 7 nitrogen and oxygen atoms in total. The van der Waals surface area contributed by atoms with Gasteiger partial charge in [-0.2, -0.15) is 0 Å². The number of aliphatic hydroxyl groups excluding tert-OH is 1. The van der Waals surface area contributed by atoms with Gasteiger partial charge in [0.2, 0.25) is 5.91 Å². The van der Waals surface area contributed by atoms with Gasteiger partial charge in [0.15, 0.2) is 0 Å². The number of hydrogen-bond acceptors (Lipinski definition) is 5. The molecule has 3 atom stereocenters. The first kappa shape index (κ1) is 24.3. The van der Waals surface area contributed by atoms with Crippen LogP contribution in [0.15, 0.2) is 60.8 Å². The number of nitrogens with one attached hydrogen (secondary N) is 1. The van der Waals surface area contributed by atoms with Crippen molar-refractivity contribution in [1.29, 1.82) is 0 Å². The molecule has 0 saturated carbocycles. The molecule has 4 N–H and O–H groups in total. The fraction of sp³-hybridized carbons (Fsp3) is 0.360.